The lowest BCUT2D eigenvalue weighted by Gasteiger charge is -2.08. The fourth-order valence-electron chi connectivity index (χ4n) is 3.14. The number of unbranched alkanes of at least 4 members (excludes halogenated alkanes) is 2. The van der Waals surface area contributed by atoms with E-state index in [2.05, 4.69) is 17.3 Å². The van der Waals surface area contributed by atoms with E-state index in [9.17, 15) is 9.59 Å². The first-order valence-electron chi connectivity index (χ1n) is 9.95. The van der Waals surface area contributed by atoms with Crippen LogP contribution in [0.25, 0.3) is 0 Å². The van der Waals surface area contributed by atoms with Crippen molar-refractivity contribution < 1.29 is 18.7 Å². The van der Waals surface area contributed by atoms with E-state index in [-0.39, 0.29) is 29.0 Å². The Labute approximate surface area is 160 Å². The van der Waals surface area contributed by atoms with E-state index in [0.29, 0.717) is 11.6 Å². The smallest absolute Gasteiger partial charge is 0.390 e. The van der Waals surface area contributed by atoms with Gasteiger partial charge < -0.3 is 4.42 Å². The molecule has 1 amide bonds. The number of nitrogens with zero attached hydrogens (tertiary/aromatic N) is 2. The van der Waals surface area contributed by atoms with Gasteiger partial charge in [0.15, 0.2) is 0 Å². The largest absolute Gasteiger partial charge is 0.520 e. The molecule has 0 unspecified atom stereocenters. The molecule has 1 saturated carbocycles. The minimum atomic E-state index is -0.352. The molecule has 0 saturated heterocycles. The molecule has 1 aromatic rings. The minimum absolute atomic E-state index is 0.0513. The SMILES string of the molecule is CCCCCC(=O)c1oc(SC(C)C)n[n+]1C(=O)NC1CCCCCC1. The van der Waals surface area contributed by atoms with Crippen LogP contribution in [0.2, 0.25) is 0 Å². The van der Waals surface area contributed by atoms with Crippen LogP contribution < -0.4 is 10.00 Å². The van der Waals surface area contributed by atoms with Crippen LogP contribution in [0.1, 0.15) is 95.7 Å². The standard InChI is InChI=1S/C19H31N3O3S/c1-4-5-8-13-16(23)17-22(21-19(25-17)26-14(2)3)18(24)20-15-11-9-6-7-10-12-15/h14-15H,4-13H2,1-3H3/p+1. The van der Waals surface area contributed by atoms with Crippen LogP contribution in [0.15, 0.2) is 9.64 Å². The second kappa shape index (κ2) is 10.7. The highest BCUT2D eigenvalue weighted by molar-refractivity contribution is 7.99. The third kappa shape index (κ3) is 6.41. The number of hydrogen-bond donors (Lipinski definition) is 1. The Balaban J connectivity index is 2.13. The Morgan fingerprint density at radius 2 is 1.92 bits per heavy atom. The molecule has 1 aliphatic rings. The van der Waals surface area contributed by atoms with Gasteiger partial charge >= 0.3 is 11.9 Å². The predicted octanol–water partition coefficient (Wildman–Crippen LogP) is 4.51. The molecule has 7 heteroatoms. The summed E-state index contributed by atoms with van der Waals surface area (Å²) >= 11 is 1.42. The molecule has 26 heavy (non-hydrogen) atoms. The molecule has 1 aromatic heterocycles. The van der Waals surface area contributed by atoms with E-state index < -0.39 is 0 Å². The molecule has 6 nitrogen and oxygen atoms in total. The Kier molecular flexibility index (Phi) is 8.62. The quantitative estimate of drug-likeness (QED) is 0.235. The highest BCUT2D eigenvalue weighted by Crippen LogP contribution is 2.21. The number of hydrogen-bond acceptors (Lipinski definition) is 5. The summed E-state index contributed by atoms with van der Waals surface area (Å²) in [5.41, 5.74) is 0. The molecule has 0 atom stereocenters. The molecule has 0 bridgehead atoms. The molecule has 1 N–H and O–H groups in total. The van der Waals surface area contributed by atoms with Crippen molar-refractivity contribution in [3.05, 3.63) is 5.89 Å². The maximum atomic E-state index is 12.7. The van der Waals surface area contributed by atoms with Crippen LogP contribution >= 0.6 is 11.8 Å². The summed E-state index contributed by atoms with van der Waals surface area (Å²) in [4.78, 5) is 25.3. The zero-order valence-corrected chi connectivity index (χ0v) is 17.1. The van der Waals surface area contributed by atoms with Gasteiger partial charge in [-0.2, -0.15) is 4.79 Å². The van der Waals surface area contributed by atoms with E-state index in [1.807, 2.05) is 13.8 Å². The Bertz CT molecular complexity index is 593. The number of thioether (sulfide) groups is 1. The van der Waals surface area contributed by atoms with Gasteiger partial charge in [-0.15, -0.1) is 0 Å². The average Bonchev–Trinajstić information content (AvgIpc) is 2.83. The lowest BCUT2D eigenvalue weighted by atomic mass is 10.1. The van der Waals surface area contributed by atoms with Crippen molar-refractivity contribution in [1.82, 2.24) is 10.4 Å². The average molecular weight is 383 g/mol. The molecular formula is C19H32N3O3S+. The minimum Gasteiger partial charge on any atom is -0.390 e. The number of Topliss-reactive ketones (excluding diaryl/α,β-unsaturated/α-hetero) is 1. The fraction of sp³-hybridized carbons (Fsp3) is 0.789. The first-order chi connectivity index (χ1) is 12.5. The Morgan fingerprint density at radius 3 is 2.54 bits per heavy atom. The second-order valence-electron chi connectivity index (χ2n) is 7.27. The summed E-state index contributed by atoms with van der Waals surface area (Å²) in [7, 11) is 0. The van der Waals surface area contributed by atoms with Gasteiger partial charge in [-0.3, -0.25) is 4.79 Å². The van der Waals surface area contributed by atoms with E-state index in [0.717, 1.165) is 49.6 Å². The molecule has 0 aromatic carbocycles. The lowest BCUT2D eigenvalue weighted by Crippen LogP contribution is -2.57. The number of aromatic nitrogens is 2. The van der Waals surface area contributed by atoms with Crippen LogP contribution in [-0.2, 0) is 0 Å². The van der Waals surface area contributed by atoms with Gasteiger partial charge in [-0.25, -0.2) is 5.32 Å². The van der Waals surface area contributed by atoms with Crippen LogP contribution in [0, 0.1) is 0 Å². The zero-order chi connectivity index (χ0) is 18.9. The Hall–Kier alpha value is -1.37. The maximum absolute atomic E-state index is 12.7. The number of ketones is 1. The zero-order valence-electron chi connectivity index (χ0n) is 16.3. The van der Waals surface area contributed by atoms with Crippen molar-refractivity contribution in [3.8, 4) is 0 Å². The summed E-state index contributed by atoms with van der Waals surface area (Å²) in [6.45, 7) is 6.14. The third-order valence-electron chi connectivity index (χ3n) is 4.52. The third-order valence-corrected chi connectivity index (χ3v) is 5.35. The van der Waals surface area contributed by atoms with E-state index in [1.54, 1.807) is 0 Å². The molecule has 0 spiro atoms. The molecule has 0 radical (unpaired) electrons. The van der Waals surface area contributed by atoms with Gasteiger partial charge in [0.25, 0.3) is 5.22 Å². The monoisotopic (exact) mass is 382 g/mol. The molecule has 1 fully saturated rings. The van der Waals surface area contributed by atoms with Crippen molar-refractivity contribution in [3.63, 3.8) is 0 Å². The Morgan fingerprint density at radius 1 is 1.23 bits per heavy atom. The van der Waals surface area contributed by atoms with Gasteiger partial charge in [-0.1, -0.05) is 58.2 Å². The highest BCUT2D eigenvalue weighted by Gasteiger charge is 2.33. The molecule has 146 valence electrons. The molecular weight excluding hydrogens is 350 g/mol. The van der Waals surface area contributed by atoms with Crippen LogP contribution in [0.4, 0.5) is 4.79 Å². The first kappa shape index (κ1) is 20.9. The molecule has 1 aliphatic carbocycles. The first-order valence-corrected chi connectivity index (χ1v) is 10.8. The number of rotatable bonds is 8. The van der Waals surface area contributed by atoms with Gasteiger partial charge in [0, 0.05) is 11.7 Å². The van der Waals surface area contributed by atoms with Gasteiger partial charge in [0.2, 0.25) is 5.78 Å². The van der Waals surface area contributed by atoms with Crippen LogP contribution in [0.5, 0.6) is 0 Å². The molecule has 2 rings (SSSR count). The number of carbonyl (C=O) groups is 2. The van der Waals surface area contributed by atoms with Crippen molar-refractivity contribution in [2.75, 3.05) is 0 Å². The van der Waals surface area contributed by atoms with Crippen molar-refractivity contribution >= 4 is 23.6 Å². The predicted molar refractivity (Wildman–Crippen MR) is 102 cm³/mol. The van der Waals surface area contributed by atoms with Crippen LogP contribution in [-0.4, -0.2) is 28.2 Å². The summed E-state index contributed by atoms with van der Waals surface area (Å²) in [5.74, 6) is -0.104. The topological polar surface area (TPSA) is 76.1 Å². The summed E-state index contributed by atoms with van der Waals surface area (Å²) in [6, 6.07) is -0.200. The number of amides is 1. The summed E-state index contributed by atoms with van der Waals surface area (Å²) in [5, 5.41) is 7.94. The van der Waals surface area contributed by atoms with Crippen molar-refractivity contribution in [2.45, 2.75) is 101 Å². The van der Waals surface area contributed by atoms with Crippen molar-refractivity contribution in [1.29, 1.82) is 0 Å². The molecule has 0 aliphatic heterocycles. The van der Waals surface area contributed by atoms with Crippen LogP contribution in [0.3, 0.4) is 0 Å². The normalized spacial score (nSPS) is 15.8. The van der Waals surface area contributed by atoms with Crippen molar-refractivity contribution in [2.24, 2.45) is 0 Å². The van der Waals surface area contributed by atoms with Gasteiger partial charge in [-0.05, 0) is 41.9 Å². The van der Waals surface area contributed by atoms with E-state index in [1.165, 1.54) is 24.6 Å². The maximum Gasteiger partial charge on any atom is 0.520 e. The van der Waals surface area contributed by atoms with Gasteiger partial charge in [0.05, 0.1) is 6.04 Å². The summed E-state index contributed by atoms with van der Waals surface area (Å²) in [6.07, 6.45) is 9.88. The fourth-order valence-corrected chi connectivity index (χ4v) is 3.80. The lowest BCUT2D eigenvalue weighted by molar-refractivity contribution is -0.640. The van der Waals surface area contributed by atoms with E-state index in [4.69, 9.17) is 4.42 Å². The summed E-state index contributed by atoms with van der Waals surface area (Å²) < 4.78 is 6.80. The number of carbonyl (C=O) groups excluding carboxylic acids is 2. The second-order valence-corrected chi connectivity index (χ2v) is 8.80. The highest BCUT2D eigenvalue weighted by atomic mass is 32.2. The molecule has 1 heterocycles. The number of nitrogens with one attached hydrogen (secondary N) is 1. The van der Waals surface area contributed by atoms with E-state index >= 15 is 0 Å². The van der Waals surface area contributed by atoms with Gasteiger partial charge in [0.1, 0.15) is 0 Å².